The number of nitrogens with one attached hydrogen (secondary N) is 1. The summed E-state index contributed by atoms with van der Waals surface area (Å²) in [6, 6.07) is 8.62. The van der Waals surface area contributed by atoms with Crippen LogP contribution in [-0.4, -0.2) is 12.6 Å². The molecule has 0 saturated carbocycles. The van der Waals surface area contributed by atoms with E-state index < -0.39 is 0 Å². The molecule has 1 atom stereocenters. The minimum absolute atomic E-state index is 0.511. The fourth-order valence-electron chi connectivity index (χ4n) is 1.71. The lowest BCUT2D eigenvalue weighted by molar-refractivity contribution is 0.485. The smallest absolute Gasteiger partial charge is 0.0408 e. The van der Waals surface area contributed by atoms with E-state index in [1.54, 1.807) is 0 Å². The van der Waals surface area contributed by atoms with Crippen LogP contribution in [0.5, 0.6) is 0 Å². The zero-order valence-corrected chi connectivity index (χ0v) is 11.2. The monoisotopic (exact) mass is 239 g/mol. The molecule has 1 unspecified atom stereocenters. The predicted octanol–water partition coefficient (Wildman–Crippen LogP) is 3.91. The minimum Gasteiger partial charge on any atom is -0.314 e. The van der Waals surface area contributed by atoms with Gasteiger partial charge in [0.25, 0.3) is 0 Å². The Morgan fingerprint density at radius 1 is 1.25 bits per heavy atom. The topological polar surface area (TPSA) is 12.0 Å². The van der Waals surface area contributed by atoms with Gasteiger partial charge in [0.2, 0.25) is 0 Å². The van der Waals surface area contributed by atoms with Gasteiger partial charge >= 0.3 is 0 Å². The van der Waals surface area contributed by atoms with Crippen molar-refractivity contribution in [2.45, 2.75) is 39.7 Å². The first-order valence-corrected chi connectivity index (χ1v) is 6.43. The molecule has 1 N–H and O–H groups in total. The maximum atomic E-state index is 5.95. The molecule has 90 valence electrons. The van der Waals surface area contributed by atoms with Gasteiger partial charge in [0.1, 0.15) is 0 Å². The van der Waals surface area contributed by atoms with Crippen LogP contribution in [0.4, 0.5) is 0 Å². The quantitative estimate of drug-likeness (QED) is 0.794. The third kappa shape index (κ3) is 5.53. The fraction of sp³-hybridized carbons (Fsp3) is 0.571. The van der Waals surface area contributed by atoms with Crippen LogP contribution in [0.2, 0.25) is 5.02 Å². The fourth-order valence-corrected chi connectivity index (χ4v) is 1.92. The van der Waals surface area contributed by atoms with Crippen LogP contribution in [0.3, 0.4) is 0 Å². The Kier molecular flexibility index (Phi) is 5.86. The van der Waals surface area contributed by atoms with Gasteiger partial charge in [-0.25, -0.2) is 0 Å². The summed E-state index contributed by atoms with van der Waals surface area (Å²) in [5, 5.41) is 4.36. The van der Waals surface area contributed by atoms with Gasteiger partial charge in [0.05, 0.1) is 0 Å². The van der Waals surface area contributed by atoms with E-state index in [1.165, 1.54) is 12.0 Å². The molecule has 0 heterocycles. The molecule has 0 radical (unpaired) electrons. The maximum absolute atomic E-state index is 5.95. The van der Waals surface area contributed by atoms with Crippen molar-refractivity contribution in [3.05, 3.63) is 34.9 Å². The Labute approximate surface area is 104 Å². The number of benzene rings is 1. The summed E-state index contributed by atoms with van der Waals surface area (Å²) in [6.45, 7) is 7.83. The molecule has 1 nitrogen and oxygen atoms in total. The van der Waals surface area contributed by atoms with E-state index in [2.05, 4.69) is 32.2 Å². The highest BCUT2D eigenvalue weighted by Gasteiger charge is 2.03. The number of hydrogen-bond acceptors (Lipinski definition) is 1. The van der Waals surface area contributed by atoms with Crippen molar-refractivity contribution in [3.8, 4) is 0 Å². The highest BCUT2D eigenvalue weighted by molar-refractivity contribution is 6.30. The largest absolute Gasteiger partial charge is 0.314 e. The van der Waals surface area contributed by atoms with Crippen molar-refractivity contribution < 1.29 is 0 Å². The van der Waals surface area contributed by atoms with E-state index in [0.717, 1.165) is 23.9 Å². The summed E-state index contributed by atoms with van der Waals surface area (Å²) in [6.07, 6.45) is 2.28. The predicted molar refractivity (Wildman–Crippen MR) is 72.1 cm³/mol. The van der Waals surface area contributed by atoms with Gasteiger partial charge in [0, 0.05) is 11.1 Å². The average molecular weight is 240 g/mol. The molecule has 1 aromatic rings. The summed E-state index contributed by atoms with van der Waals surface area (Å²) < 4.78 is 0. The first-order chi connectivity index (χ1) is 7.58. The molecule has 0 aliphatic rings. The second kappa shape index (κ2) is 6.93. The zero-order valence-electron chi connectivity index (χ0n) is 10.5. The van der Waals surface area contributed by atoms with Gasteiger partial charge in [0.15, 0.2) is 0 Å². The highest BCUT2D eigenvalue weighted by atomic mass is 35.5. The van der Waals surface area contributed by atoms with Crippen molar-refractivity contribution in [3.63, 3.8) is 0 Å². The number of hydrogen-bond donors (Lipinski definition) is 1. The summed E-state index contributed by atoms with van der Waals surface area (Å²) in [4.78, 5) is 0. The molecule has 0 aliphatic carbocycles. The zero-order chi connectivity index (χ0) is 12.0. The van der Waals surface area contributed by atoms with E-state index in [1.807, 2.05) is 18.2 Å². The molecular formula is C14H22ClN. The molecule has 0 aromatic heterocycles. The third-order valence-electron chi connectivity index (χ3n) is 2.65. The Balaban J connectivity index is 2.31. The van der Waals surface area contributed by atoms with Crippen molar-refractivity contribution in [1.29, 1.82) is 0 Å². The van der Waals surface area contributed by atoms with Gasteiger partial charge in [-0.15, -0.1) is 0 Å². The standard InChI is InChI=1S/C14H22ClN/c1-11(2)7-8-16-12(3)9-13-5-4-6-14(15)10-13/h4-6,10-12,16H,7-9H2,1-3H3. The van der Waals surface area contributed by atoms with Crippen LogP contribution in [0.1, 0.15) is 32.8 Å². The van der Waals surface area contributed by atoms with E-state index in [0.29, 0.717) is 6.04 Å². The molecule has 0 amide bonds. The molecule has 0 saturated heterocycles. The van der Waals surface area contributed by atoms with Crippen molar-refractivity contribution in [2.75, 3.05) is 6.54 Å². The minimum atomic E-state index is 0.511. The van der Waals surface area contributed by atoms with Gasteiger partial charge in [-0.1, -0.05) is 37.6 Å². The second-order valence-electron chi connectivity index (χ2n) is 4.87. The molecule has 1 rings (SSSR count). The molecule has 2 heteroatoms. The first kappa shape index (κ1) is 13.5. The van der Waals surface area contributed by atoms with Crippen LogP contribution in [0, 0.1) is 5.92 Å². The highest BCUT2D eigenvalue weighted by Crippen LogP contribution is 2.12. The lowest BCUT2D eigenvalue weighted by Gasteiger charge is -2.14. The van der Waals surface area contributed by atoms with Gasteiger partial charge in [-0.3, -0.25) is 0 Å². The van der Waals surface area contributed by atoms with Crippen molar-refractivity contribution in [2.24, 2.45) is 5.92 Å². The van der Waals surface area contributed by atoms with Crippen LogP contribution in [0.15, 0.2) is 24.3 Å². The van der Waals surface area contributed by atoms with Crippen LogP contribution < -0.4 is 5.32 Å². The number of halogens is 1. The van der Waals surface area contributed by atoms with Gasteiger partial charge in [-0.05, 0) is 49.9 Å². The van der Waals surface area contributed by atoms with Crippen LogP contribution in [0.25, 0.3) is 0 Å². The van der Waals surface area contributed by atoms with Crippen molar-refractivity contribution >= 4 is 11.6 Å². The Hall–Kier alpha value is -0.530. The molecule has 0 bridgehead atoms. The van der Waals surface area contributed by atoms with Crippen LogP contribution >= 0.6 is 11.6 Å². The van der Waals surface area contributed by atoms with Gasteiger partial charge in [-0.2, -0.15) is 0 Å². The van der Waals surface area contributed by atoms with Crippen molar-refractivity contribution in [1.82, 2.24) is 5.32 Å². The molecule has 0 fully saturated rings. The molecule has 1 aromatic carbocycles. The molecule has 0 spiro atoms. The lowest BCUT2D eigenvalue weighted by Crippen LogP contribution is -2.29. The average Bonchev–Trinajstić information content (AvgIpc) is 2.16. The lowest BCUT2D eigenvalue weighted by atomic mass is 10.1. The Morgan fingerprint density at radius 3 is 2.62 bits per heavy atom. The van der Waals surface area contributed by atoms with Crippen LogP contribution in [-0.2, 0) is 6.42 Å². The Morgan fingerprint density at radius 2 is 2.00 bits per heavy atom. The summed E-state index contributed by atoms with van der Waals surface area (Å²) in [5.41, 5.74) is 1.30. The second-order valence-corrected chi connectivity index (χ2v) is 5.31. The van der Waals surface area contributed by atoms with Gasteiger partial charge < -0.3 is 5.32 Å². The summed E-state index contributed by atoms with van der Waals surface area (Å²) in [5.74, 6) is 0.769. The van der Waals surface area contributed by atoms with E-state index in [4.69, 9.17) is 11.6 Å². The molecule has 0 aliphatic heterocycles. The SMILES string of the molecule is CC(C)CCNC(C)Cc1cccc(Cl)c1. The first-order valence-electron chi connectivity index (χ1n) is 6.05. The van der Waals surface area contributed by atoms with E-state index >= 15 is 0 Å². The third-order valence-corrected chi connectivity index (χ3v) is 2.88. The summed E-state index contributed by atoms with van der Waals surface area (Å²) in [7, 11) is 0. The molecule has 16 heavy (non-hydrogen) atoms. The normalized spacial score (nSPS) is 13.1. The summed E-state index contributed by atoms with van der Waals surface area (Å²) >= 11 is 5.95. The molecular weight excluding hydrogens is 218 g/mol. The number of rotatable bonds is 6. The van der Waals surface area contributed by atoms with E-state index in [9.17, 15) is 0 Å². The Bertz CT molecular complexity index is 309. The maximum Gasteiger partial charge on any atom is 0.0408 e. The van der Waals surface area contributed by atoms with E-state index in [-0.39, 0.29) is 0 Å².